The van der Waals surface area contributed by atoms with Crippen molar-refractivity contribution in [1.29, 1.82) is 0 Å². The van der Waals surface area contributed by atoms with E-state index < -0.39 is 10.8 Å². The van der Waals surface area contributed by atoms with Crippen LogP contribution in [-0.4, -0.2) is 40.4 Å². The summed E-state index contributed by atoms with van der Waals surface area (Å²) in [5.41, 5.74) is 2.78. The molecule has 0 spiro atoms. The predicted molar refractivity (Wildman–Crippen MR) is 103 cm³/mol. The lowest BCUT2D eigenvalue weighted by Crippen LogP contribution is -2.42. The summed E-state index contributed by atoms with van der Waals surface area (Å²) in [6.07, 6.45) is 3.57. The van der Waals surface area contributed by atoms with Crippen LogP contribution in [0.15, 0.2) is 54.6 Å². The second-order valence-corrected chi connectivity index (χ2v) is 7.93. The molecule has 2 aromatic rings. The Labute approximate surface area is 151 Å². The maximum Gasteiger partial charge on any atom is 0.253 e. The lowest BCUT2D eigenvalue weighted by molar-refractivity contribution is 0.0718. The molecule has 1 heterocycles. The molecule has 1 aliphatic heterocycles. The topological polar surface area (TPSA) is 49.4 Å². The molecule has 1 saturated heterocycles. The number of para-hydroxylation sites is 1. The van der Waals surface area contributed by atoms with Gasteiger partial charge >= 0.3 is 0 Å². The van der Waals surface area contributed by atoms with E-state index in [0.717, 1.165) is 37.2 Å². The molecule has 1 amide bonds. The van der Waals surface area contributed by atoms with Gasteiger partial charge < -0.3 is 10.2 Å². The standard InChI is InChI=1S/C20H24N2O2S/c1-25(24)15-16-6-5-7-17(14-16)20(23)22-12-10-19(11-13-22)21-18-8-3-2-4-9-18/h2-9,14,19,21H,10-13,15H2,1H3/t25-/m0/s1. The Morgan fingerprint density at radius 2 is 1.84 bits per heavy atom. The zero-order valence-electron chi connectivity index (χ0n) is 14.5. The van der Waals surface area contributed by atoms with E-state index >= 15 is 0 Å². The summed E-state index contributed by atoms with van der Waals surface area (Å²) < 4.78 is 11.4. The number of anilines is 1. The number of nitrogens with one attached hydrogen (secondary N) is 1. The van der Waals surface area contributed by atoms with Gasteiger partial charge in [-0.1, -0.05) is 30.3 Å². The third kappa shape index (κ3) is 4.92. The molecule has 2 aromatic carbocycles. The Balaban J connectivity index is 1.57. The van der Waals surface area contributed by atoms with Crippen LogP contribution in [0.5, 0.6) is 0 Å². The summed E-state index contributed by atoms with van der Waals surface area (Å²) in [5, 5.41) is 3.54. The summed E-state index contributed by atoms with van der Waals surface area (Å²) in [4.78, 5) is 14.7. The number of piperidine rings is 1. The third-order valence-corrected chi connectivity index (χ3v) is 5.21. The second kappa shape index (κ2) is 8.30. The van der Waals surface area contributed by atoms with Crippen molar-refractivity contribution in [3.63, 3.8) is 0 Å². The molecule has 1 aliphatic rings. The van der Waals surface area contributed by atoms with Gasteiger partial charge in [0.05, 0.1) is 0 Å². The van der Waals surface area contributed by atoms with Crippen molar-refractivity contribution in [3.8, 4) is 0 Å². The maximum atomic E-state index is 12.7. The average Bonchev–Trinajstić information content (AvgIpc) is 2.62. The van der Waals surface area contributed by atoms with Crippen molar-refractivity contribution in [1.82, 2.24) is 4.90 Å². The number of amides is 1. The zero-order chi connectivity index (χ0) is 17.6. The largest absolute Gasteiger partial charge is 0.382 e. The SMILES string of the molecule is C[S@](=O)Cc1cccc(C(=O)N2CCC(Nc3ccccc3)CC2)c1. The highest BCUT2D eigenvalue weighted by atomic mass is 32.2. The molecule has 1 N–H and O–H groups in total. The van der Waals surface area contributed by atoms with Crippen LogP contribution in [0, 0.1) is 0 Å². The number of benzene rings is 2. The third-order valence-electron chi connectivity index (χ3n) is 4.47. The Bertz CT molecular complexity index is 740. The van der Waals surface area contributed by atoms with Crippen molar-refractivity contribution < 1.29 is 9.00 Å². The lowest BCUT2D eigenvalue weighted by atomic mass is 10.0. The highest BCUT2D eigenvalue weighted by Crippen LogP contribution is 2.19. The number of rotatable bonds is 5. The van der Waals surface area contributed by atoms with E-state index in [1.54, 1.807) is 6.26 Å². The van der Waals surface area contributed by atoms with Gasteiger partial charge in [-0.2, -0.15) is 0 Å². The first-order valence-electron chi connectivity index (χ1n) is 8.61. The van der Waals surface area contributed by atoms with Gasteiger partial charge in [-0.15, -0.1) is 0 Å². The minimum absolute atomic E-state index is 0.0712. The Kier molecular flexibility index (Phi) is 5.87. The first-order valence-corrected chi connectivity index (χ1v) is 10.3. The van der Waals surface area contributed by atoms with E-state index in [0.29, 0.717) is 17.4 Å². The van der Waals surface area contributed by atoms with Gasteiger partial charge in [0.1, 0.15) is 0 Å². The fourth-order valence-electron chi connectivity index (χ4n) is 3.21. The van der Waals surface area contributed by atoms with Crippen molar-refractivity contribution in [2.24, 2.45) is 0 Å². The number of hydrogen-bond donors (Lipinski definition) is 1. The van der Waals surface area contributed by atoms with Gasteiger partial charge in [-0.3, -0.25) is 9.00 Å². The van der Waals surface area contributed by atoms with Crippen molar-refractivity contribution >= 4 is 22.4 Å². The normalized spacial score (nSPS) is 16.4. The first-order chi connectivity index (χ1) is 12.1. The van der Waals surface area contributed by atoms with E-state index in [2.05, 4.69) is 17.4 Å². The quantitative estimate of drug-likeness (QED) is 0.894. The van der Waals surface area contributed by atoms with Gasteiger partial charge in [0.15, 0.2) is 0 Å². The molecule has 0 bridgehead atoms. The minimum atomic E-state index is -0.900. The predicted octanol–water partition coefficient (Wildman–Crippen LogP) is 3.28. The summed E-state index contributed by atoms with van der Waals surface area (Å²) in [6.45, 7) is 1.51. The molecule has 0 saturated carbocycles. The van der Waals surface area contributed by atoms with E-state index in [4.69, 9.17) is 0 Å². The van der Waals surface area contributed by atoms with Gasteiger partial charge in [0.25, 0.3) is 5.91 Å². The molecule has 132 valence electrons. The maximum absolute atomic E-state index is 12.7. The van der Waals surface area contributed by atoms with Crippen LogP contribution in [-0.2, 0) is 16.6 Å². The minimum Gasteiger partial charge on any atom is -0.382 e. The van der Waals surface area contributed by atoms with Crippen LogP contribution in [0.1, 0.15) is 28.8 Å². The van der Waals surface area contributed by atoms with Gasteiger partial charge in [-0.25, -0.2) is 0 Å². The van der Waals surface area contributed by atoms with Crippen molar-refractivity contribution in [2.45, 2.75) is 24.6 Å². The van der Waals surface area contributed by atoms with Crippen molar-refractivity contribution in [3.05, 3.63) is 65.7 Å². The summed E-state index contributed by atoms with van der Waals surface area (Å²) >= 11 is 0. The molecule has 0 unspecified atom stereocenters. The van der Waals surface area contributed by atoms with Crippen LogP contribution in [0.4, 0.5) is 5.69 Å². The molecule has 0 aromatic heterocycles. The second-order valence-electron chi connectivity index (χ2n) is 6.49. The average molecular weight is 356 g/mol. The van der Waals surface area contributed by atoms with E-state index in [-0.39, 0.29) is 5.91 Å². The molecule has 4 nitrogen and oxygen atoms in total. The Hall–Kier alpha value is -2.14. The molecular formula is C20H24N2O2S. The molecule has 5 heteroatoms. The van der Waals surface area contributed by atoms with Gasteiger partial charge in [0, 0.05) is 53.2 Å². The molecule has 1 atom stereocenters. The van der Waals surface area contributed by atoms with Crippen molar-refractivity contribution in [2.75, 3.05) is 24.7 Å². The number of carbonyl (C=O) groups excluding carboxylic acids is 1. The van der Waals surface area contributed by atoms with Gasteiger partial charge in [0.2, 0.25) is 0 Å². The molecule has 3 rings (SSSR count). The molecule has 0 aliphatic carbocycles. The Morgan fingerprint density at radius 1 is 1.12 bits per heavy atom. The highest BCUT2D eigenvalue weighted by Gasteiger charge is 2.23. The Morgan fingerprint density at radius 3 is 2.52 bits per heavy atom. The zero-order valence-corrected chi connectivity index (χ0v) is 15.3. The monoisotopic (exact) mass is 356 g/mol. The van der Waals surface area contributed by atoms with Crippen LogP contribution in [0.2, 0.25) is 0 Å². The van der Waals surface area contributed by atoms with Crippen LogP contribution in [0.25, 0.3) is 0 Å². The summed E-state index contributed by atoms with van der Waals surface area (Å²) in [7, 11) is -0.900. The number of nitrogens with zero attached hydrogens (tertiary/aromatic N) is 1. The molecule has 0 radical (unpaired) electrons. The highest BCUT2D eigenvalue weighted by molar-refractivity contribution is 7.83. The van der Waals surface area contributed by atoms with E-state index in [1.807, 2.05) is 47.4 Å². The molecule has 25 heavy (non-hydrogen) atoms. The molecule has 1 fully saturated rings. The van der Waals surface area contributed by atoms with Crippen LogP contribution in [0.3, 0.4) is 0 Å². The van der Waals surface area contributed by atoms with E-state index in [1.165, 1.54) is 0 Å². The lowest BCUT2D eigenvalue weighted by Gasteiger charge is -2.33. The number of hydrogen-bond acceptors (Lipinski definition) is 3. The molecular weight excluding hydrogens is 332 g/mol. The smallest absolute Gasteiger partial charge is 0.253 e. The van der Waals surface area contributed by atoms with Crippen LogP contribution < -0.4 is 5.32 Å². The van der Waals surface area contributed by atoms with Crippen LogP contribution >= 0.6 is 0 Å². The summed E-state index contributed by atoms with van der Waals surface area (Å²) in [5.74, 6) is 0.561. The number of likely N-dealkylation sites (tertiary alicyclic amines) is 1. The first kappa shape index (κ1) is 17.7. The summed E-state index contributed by atoms with van der Waals surface area (Å²) in [6, 6.07) is 18.1. The number of carbonyl (C=O) groups is 1. The fraction of sp³-hybridized carbons (Fsp3) is 0.350. The fourth-order valence-corrected chi connectivity index (χ4v) is 3.86. The van der Waals surface area contributed by atoms with E-state index in [9.17, 15) is 9.00 Å². The van der Waals surface area contributed by atoms with Gasteiger partial charge in [-0.05, 0) is 42.7 Å².